The average Bonchev–Trinajstić information content (AvgIpc) is 2.65. The van der Waals surface area contributed by atoms with E-state index in [0.29, 0.717) is 6.04 Å². The van der Waals surface area contributed by atoms with Gasteiger partial charge in [0, 0.05) is 6.04 Å². The normalized spacial score (nSPS) is 24.8. The molecule has 0 aromatic heterocycles. The van der Waals surface area contributed by atoms with Crippen molar-refractivity contribution < 1.29 is 4.79 Å². The van der Waals surface area contributed by atoms with Gasteiger partial charge in [0.05, 0.1) is 12.6 Å². The SMILES string of the molecule is CC(C)[C@](C)(C#N)NC(=O)CN[C@@H]1CCCC1(C)C. The fraction of sp³-hybridized carbons (Fsp3) is 0.867. The van der Waals surface area contributed by atoms with E-state index < -0.39 is 5.54 Å². The van der Waals surface area contributed by atoms with E-state index >= 15 is 0 Å². The van der Waals surface area contributed by atoms with Gasteiger partial charge in [0.2, 0.25) is 5.91 Å². The highest BCUT2D eigenvalue weighted by Gasteiger charge is 2.35. The predicted molar refractivity (Wildman–Crippen MR) is 76.4 cm³/mol. The minimum absolute atomic E-state index is 0.0874. The number of nitrogens with one attached hydrogen (secondary N) is 2. The van der Waals surface area contributed by atoms with Crippen molar-refractivity contribution in [3.8, 4) is 6.07 Å². The van der Waals surface area contributed by atoms with Gasteiger partial charge in [-0.25, -0.2) is 0 Å². The molecule has 0 aromatic carbocycles. The number of nitriles is 1. The van der Waals surface area contributed by atoms with Crippen LogP contribution in [0.3, 0.4) is 0 Å². The number of carbonyl (C=O) groups excluding carboxylic acids is 1. The number of carbonyl (C=O) groups is 1. The Morgan fingerprint density at radius 3 is 2.58 bits per heavy atom. The molecule has 1 amide bonds. The van der Waals surface area contributed by atoms with Gasteiger partial charge in [-0.3, -0.25) is 4.79 Å². The fourth-order valence-electron chi connectivity index (χ4n) is 2.56. The van der Waals surface area contributed by atoms with Crippen LogP contribution in [0.4, 0.5) is 0 Å². The van der Waals surface area contributed by atoms with Gasteiger partial charge in [-0.1, -0.05) is 34.1 Å². The summed E-state index contributed by atoms with van der Waals surface area (Å²) in [6.45, 7) is 10.4. The summed E-state index contributed by atoms with van der Waals surface area (Å²) >= 11 is 0. The first kappa shape index (κ1) is 16.0. The van der Waals surface area contributed by atoms with Crippen LogP contribution in [-0.2, 0) is 4.79 Å². The van der Waals surface area contributed by atoms with Crippen molar-refractivity contribution in [1.82, 2.24) is 10.6 Å². The Labute approximate surface area is 116 Å². The van der Waals surface area contributed by atoms with Gasteiger partial charge >= 0.3 is 0 Å². The molecule has 0 radical (unpaired) electrons. The topological polar surface area (TPSA) is 64.9 Å². The number of hydrogen-bond donors (Lipinski definition) is 2. The first-order chi connectivity index (χ1) is 8.71. The van der Waals surface area contributed by atoms with Crippen LogP contribution in [0.2, 0.25) is 0 Å². The zero-order valence-corrected chi connectivity index (χ0v) is 12.8. The van der Waals surface area contributed by atoms with Crippen LogP contribution in [0.15, 0.2) is 0 Å². The van der Waals surface area contributed by atoms with Crippen molar-refractivity contribution in [3.05, 3.63) is 0 Å². The van der Waals surface area contributed by atoms with Crippen LogP contribution in [0.5, 0.6) is 0 Å². The van der Waals surface area contributed by atoms with Crippen molar-refractivity contribution in [2.45, 2.75) is 65.5 Å². The maximum absolute atomic E-state index is 12.0. The minimum atomic E-state index is -0.788. The van der Waals surface area contributed by atoms with E-state index in [2.05, 4.69) is 30.6 Å². The molecule has 108 valence electrons. The predicted octanol–water partition coefficient (Wildman–Crippen LogP) is 2.21. The lowest BCUT2D eigenvalue weighted by molar-refractivity contribution is -0.122. The van der Waals surface area contributed by atoms with Crippen molar-refractivity contribution in [2.75, 3.05) is 6.54 Å². The van der Waals surface area contributed by atoms with Gasteiger partial charge in [0.1, 0.15) is 5.54 Å². The molecule has 0 aromatic rings. The molecule has 0 saturated heterocycles. The molecule has 4 heteroatoms. The Bertz CT molecular complexity index is 370. The van der Waals surface area contributed by atoms with E-state index in [1.165, 1.54) is 12.8 Å². The van der Waals surface area contributed by atoms with Gasteiger partial charge in [-0.05, 0) is 31.1 Å². The summed E-state index contributed by atoms with van der Waals surface area (Å²) in [5.41, 5.74) is -0.527. The van der Waals surface area contributed by atoms with Crippen molar-refractivity contribution >= 4 is 5.91 Å². The molecule has 0 unspecified atom stereocenters. The molecule has 1 aliphatic rings. The minimum Gasteiger partial charge on any atom is -0.337 e. The summed E-state index contributed by atoms with van der Waals surface area (Å²) in [6.07, 6.45) is 3.54. The van der Waals surface area contributed by atoms with Gasteiger partial charge in [0.15, 0.2) is 0 Å². The Hall–Kier alpha value is -1.08. The first-order valence-electron chi connectivity index (χ1n) is 7.17. The molecule has 1 fully saturated rings. The van der Waals surface area contributed by atoms with Crippen LogP contribution < -0.4 is 10.6 Å². The lowest BCUT2D eigenvalue weighted by atomic mass is 9.87. The summed E-state index contributed by atoms with van der Waals surface area (Å²) in [5, 5.41) is 15.3. The van der Waals surface area contributed by atoms with Crippen molar-refractivity contribution in [2.24, 2.45) is 11.3 Å². The molecule has 0 heterocycles. The molecule has 2 atom stereocenters. The quantitative estimate of drug-likeness (QED) is 0.801. The van der Waals surface area contributed by atoms with Gasteiger partial charge in [-0.15, -0.1) is 0 Å². The summed E-state index contributed by atoms with van der Waals surface area (Å²) in [5.74, 6) is -0.00942. The molecule has 19 heavy (non-hydrogen) atoms. The third kappa shape index (κ3) is 3.94. The van der Waals surface area contributed by atoms with Gasteiger partial charge in [-0.2, -0.15) is 5.26 Å². The summed E-state index contributed by atoms with van der Waals surface area (Å²) in [6, 6.07) is 2.59. The van der Waals surface area contributed by atoms with Crippen LogP contribution in [0.1, 0.15) is 53.9 Å². The highest BCUT2D eigenvalue weighted by Crippen LogP contribution is 2.36. The summed E-state index contributed by atoms with van der Waals surface area (Å²) in [4.78, 5) is 12.0. The second-order valence-corrected chi connectivity index (χ2v) is 6.83. The lowest BCUT2D eigenvalue weighted by Gasteiger charge is -2.30. The second kappa shape index (κ2) is 5.92. The number of amides is 1. The van der Waals surface area contributed by atoms with Crippen LogP contribution in [0, 0.1) is 22.7 Å². The molecular formula is C15H27N3O. The Balaban J connectivity index is 2.47. The maximum atomic E-state index is 12.0. The standard InChI is InChI=1S/C15H27N3O/c1-11(2)15(5,10-16)18-13(19)9-17-12-7-6-8-14(12,3)4/h11-12,17H,6-9H2,1-5H3,(H,18,19)/t12-,15+/m1/s1. The van der Waals surface area contributed by atoms with Crippen LogP contribution in [-0.4, -0.2) is 24.0 Å². The third-order valence-corrected chi connectivity index (χ3v) is 4.55. The van der Waals surface area contributed by atoms with Crippen LogP contribution in [0.25, 0.3) is 0 Å². The third-order valence-electron chi connectivity index (χ3n) is 4.55. The molecule has 1 rings (SSSR count). The average molecular weight is 265 g/mol. The molecule has 1 saturated carbocycles. The Kier molecular flexibility index (Phi) is 4.98. The molecule has 1 aliphatic carbocycles. The molecular weight excluding hydrogens is 238 g/mol. The summed E-state index contributed by atoms with van der Waals surface area (Å²) < 4.78 is 0. The van der Waals surface area contributed by atoms with E-state index in [9.17, 15) is 10.1 Å². The van der Waals surface area contributed by atoms with E-state index in [1.54, 1.807) is 6.92 Å². The molecule has 4 nitrogen and oxygen atoms in total. The van der Waals surface area contributed by atoms with Gasteiger partial charge in [0.25, 0.3) is 0 Å². The Morgan fingerprint density at radius 1 is 1.53 bits per heavy atom. The van der Waals surface area contributed by atoms with E-state index in [-0.39, 0.29) is 23.8 Å². The molecule has 0 spiro atoms. The van der Waals surface area contributed by atoms with E-state index in [4.69, 9.17) is 0 Å². The fourth-order valence-corrected chi connectivity index (χ4v) is 2.56. The first-order valence-corrected chi connectivity index (χ1v) is 7.17. The van der Waals surface area contributed by atoms with E-state index in [0.717, 1.165) is 6.42 Å². The van der Waals surface area contributed by atoms with Crippen LogP contribution >= 0.6 is 0 Å². The van der Waals surface area contributed by atoms with E-state index in [1.807, 2.05) is 13.8 Å². The second-order valence-electron chi connectivity index (χ2n) is 6.83. The number of rotatable bonds is 5. The molecule has 2 N–H and O–H groups in total. The zero-order valence-electron chi connectivity index (χ0n) is 12.8. The highest BCUT2D eigenvalue weighted by molar-refractivity contribution is 5.79. The van der Waals surface area contributed by atoms with Crippen molar-refractivity contribution in [1.29, 1.82) is 5.26 Å². The van der Waals surface area contributed by atoms with Gasteiger partial charge < -0.3 is 10.6 Å². The number of hydrogen-bond acceptors (Lipinski definition) is 3. The monoisotopic (exact) mass is 265 g/mol. The Morgan fingerprint density at radius 2 is 2.16 bits per heavy atom. The molecule has 0 aliphatic heterocycles. The lowest BCUT2D eigenvalue weighted by Crippen LogP contribution is -2.52. The number of nitrogens with zero attached hydrogens (tertiary/aromatic N) is 1. The summed E-state index contributed by atoms with van der Waals surface area (Å²) in [7, 11) is 0. The van der Waals surface area contributed by atoms with Crippen molar-refractivity contribution in [3.63, 3.8) is 0 Å². The highest BCUT2D eigenvalue weighted by atomic mass is 16.2. The molecule has 0 bridgehead atoms. The maximum Gasteiger partial charge on any atom is 0.235 e. The zero-order chi connectivity index (χ0) is 14.7. The smallest absolute Gasteiger partial charge is 0.235 e. The largest absolute Gasteiger partial charge is 0.337 e.